The highest BCUT2D eigenvalue weighted by molar-refractivity contribution is 8.01. The Morgan fingerprint density at radius 1 is 1.53 bits per heavy atom. The number of benzene rings is 1. The highest BCUT2D eigenvalue weighted by Gasteiger charge is 2.60. The van der Waals surface area contributed by atoms with E-state index in [-0.39, 0.29) is 0 Å². The lowest BCUT2D eigenvalue weighted by molar-refractivity contribution is -0.137. The highest BCUT2D eigenvalue weighted by atomic mass is 32.2. The van der Waals surface area contributed by atoms with Gasteiger partial charge in [0.15, 0.2) is 0 Å². The van der Waals surface area contributed by atoms with Crippen molar-refractivity contribution >= 4 is 17.7 Å². The molecule has 0 bridgehead atoms. The van der Waals surface area contributed by atoms with Crippen molar-refractivity contribution in [3.05, 3.63) is 30.3 Å². The van der Waals surface area contributed by atoms with Gasteiger partial charge in [0, 0.05) is 4.90 Å². The third-order valence-corrected chi connectivity index (χ3v) is 4.49. The molecule has 1 aromatic rings. The molecular formula is C12H14O2S. The molecule has 1 aliphatic carbocycles. The van der Waals surface area contributed by atoms with Gasteiger partial charge in [0.2, 0.25) is 0 Å². The van der Waals surface area contributed by atoms with Crippen LogP contribution in [-0.4, -0.2) is 15.8 Å². The average molecular weight is 222 g/mol. The molecule has 0 aliphatic heterocycles. The van der Waals surface area contributed by atoms with Gasteiger partial charge in [0.25, 0.3) is 0 Å². The Kier molecular flexibility index (Phi) is 2.74. The average Bonchev–Trinajstić information content (AvgIpc) is 2.94. The van der Waals surface area contributed by atoms with Crippen LogP contribution in [0.3, 0.4) is 0 Å². The molecular weight excluding hydrogens is 208 g/mol. The normalized spacial score (nSPS) is 28.7. The topological polar surface area (TPSA) is 37.3 Å². The number of rotatable bonds is 4. The lowest BCUT2D eigenvalue weighted by atomic mass is 10.2. The van der Waals surface area contributed by atoms with E-state index in [0.717, 1.165) is 17.7 Å². The summed E-state index contributed by atoms with van der Waals surface area (Å²) >= 11 is 1.50. The molecule has 0 spiro atoms. The quantitative estimate of drug-likeness (QED) is 0.850. The predicted molar refractivity (Wildman–Crippen MR) is 61.1 cm³/mol. The smallest absolute Gasteiger partial charge is 0.320 e. The first-order valence-electron chi connectivity index (χ1n) is 5.16. The molecule has 2 nitrogen and oxygen atoms in total. The molecule has 1 saturated carbocycles. The van der Waals surface area contributed by atoms with Crippen molar-refractivity contribution in [3.63, 3.8) is 0 Å². The summed E-state index contributed by atoms with van der Waals surface area (Å²) in [6.07, 6.45) is 1.75. The summed E-state index contributed by atoms with van der Waals surface area (Å²) in [6, 6.07) is 9.78. The van der Waals surface area contributed by atoms with Crippen LogP contribution in [-0.2, 0) is 4.79 Å². The number of aliphatic carboxylic acids is 1. The Morgan fingerprint density at radius 2 is 2.20 bits per heavy atom. The van der Waals surface area contributed by atoms with E-state index < -0.39 is 10.7 Å². The molecule has 2 unspecified atom stereocenters. The summed E-state index contributed by atoms with van der Waals surface area (Å²) in [7, 11) is 0. The molecule has 0 aromatic heterocycles. The Balaban J connectivity index is 2.14. The number of carboxylic acid groups (broad SMARTS) is 1. The van der Waals surface area contributed by atoms with Crippen molar-refractivity contribution in [3.8, 4) is 0 Å². The fourth-order valence-corrected chi connectivity index (χ4v) is 3.33. The van der Waals surface area contributed by atoms with Gasteiger partial charge in [-0.1, -0.05) is 31.5 Å². The van der Waals surface area contributed by atoms with Crippen molar-refractivity contribution in [2.24, 2.45) is 5.92 Å². The largest absolute Gasteiger partial charge is 0.480 e. The molecule has 0 radical (unpaired) electrons. The molecule has 1 N–H and O–H groups in total. The lowest BCUT2D eigenvalue weighted by Gasteiger charge is -2.11. The van der Waals surface area contributed by atoms with Crippen LogP contribution in [0.4, 0.5) is 0 Å². The zero-order valence-corrected chi connectivity index (χ0v) is 9.46. The van der Waals surface area contributed by atoms with Crippen LogP contribution in [0, 0.1) is 5.92 Å². The predicted octanol–water partition coefficient (Wildman–Crippen LogP) is 3.03. The van der Waals surface area contributed by atoms with E-state index in [0.29, 0.717) is 5.92 Å². The van der Waals surface area contributed by atoms with E-state index in [1.165, 1.54) is 11.8 Å². The first-order chi connectivity index (χ1) is 7.19. The van der Waals surface area contributed by atoms with Crippen LogP contribution in [0.25, 0.3) is 0 Å². The summed E-state index contributed by atoms with van der Waals surface area (Å²) in [6.45, 7) is 2.06. The first kappa shape index (κ1) is 10.6. The maximum absolute atomic E-state index is 11.2. The fraction of sp³-hybridized carbons (Fsp3) is 0.417. The van der Waals surface area contributed by atoms with Crippen LogP contribution in [0.1, 0.15) is 19.8 Å². The Labute approximate surface area is 93.7 Å². The minimum absolute atomic E-state index is 0.334. The standard InChI is InChI=1S/C12H14O2S/c1-2-9-8-12(9,11(13)14)15-10-6-4-3-5-7-10/h3-7,9H,2,8H2,1H3,(H,13,14). The third-order valence-electron chi connectivity index (χ3n) is 2.95. The first-order valence-corrected chi connectivity index (χ1v) is 5.98. The van der Waals surface area contributed by atoms with Crippen LogP contribution >= 0.6 is 11.8 Å². The van der Waals surface area contributed by atoms with Gasteiger partial charge in [-0.3, -0.25) is 4.79 Å². The van der Waals surface area contributed by atoms with Crippen molar-refractivity contribution in [2.45, 2.75) is 29.4 Å². The van der Waals surface area contributed by atoms with Crippen LogP contribution in [0.5, 0.6) is 0 Å². The van der Waals surface area contributed by atoms with Crippen molar-refractivity contribution < 1.29 is 9.90 Å². The van der Waals surface area contributed by atoms with E-state index in [9.17, 15) is 9.90 Å². The fourth-order valence-electron chi connectivity index (χ4n) is 1.91. The van der Waals surface area contributed by atoms with E-state index in [1.807, 2.05) is 30.3 Å². The molecule has 15 heavy (non-hydrogen) atoms. The summed E-state index contributed by atoms with van der Waals surface area (Å²) < 4.78 is -0.546. The Hall–Kier alpha value is -0.960. The minimum atomic E-state index is -0.664. The van der Waals surface area contributed by atoms with Gasteiger partial charge in [-0.05, 0) is 24.5 Å². The Morgan fingerprint density at radius 3 is 2.67 bits per heavy atom. The monoisotopic (exact) mass is 222 g/mol. The third kappa shape index (κ3) is 1.88. The maximum Gasteiger partial charge on any atom is 0.320 e. The van der Waals surface area contributed by atoms with E-state index >= 15 is 0 Å². The SMILES string of the molecule is CCC1CC1(Sc1ccccc1)C(=O)O. The van der Waals surface area contributed by atoms with Gasteiger partial charge in [-0.2, -0.15) is 0 Å². The summed E-state index contributed by atoms with van der Waals surface area (Å²) in [5.74, 6) is -0.330. The second-order valence-corrected chi connectivity index (χ2v) is 5.32. The zero-order chi connectivity index (χ0) is 10.9. The molecule has 3 heteroatoms. The molecule has 0 heterocycles. The molecule has 80 valence electrons. The lowest BCUT2D eigenvalue weighted by Crippen LogP contribution is -2.20. The van der Waals surface area contributed by atoms with Crippen LogP contribution < -0.4 is 0 Å². The molecule has 1 fully saturated rings. The zero-order valence-electron chi connectivity index (χ0n) is 8.64. The molecule has 2 rings (SSSR count). The summed E-state index contributed by atoms with van der Waals surface area (Å²) in [5, 5.41) is 9.25. The van der Waals surface area contributed by atoms with Crippen LogP contribution in [0.15, 0.2) is 35.2 Å². The minimum Gasteiger partial charge on any atom is -0.480 e. The van der Waals surface area contributed by atoms with Crippen LogP contribution in [0.2, 0.25) is 0 Å². The van der Waals surface area contributed by atoms with E-state index in [1.54, 1.807) is 0 Å². The van der Waals surface area contributed by atoms with Gasteiger partial charge in [0.1, 0.15) is 4.75 Å². The summed E-state index contributed by atoms with van der Waals surface area (Å²) in [4.78, 5) is 12.3. The molecule has 2 atom stereocenters. The van der Waals surface area contributed by atoms with E-state index in [4.69, 9.17) is 0 Å². The van der Waals surface area contributed by atoms with E-state index in [2.05, 4.69) is 6.92 Å². The number of thioether (sulfide) groups is 1. The Bertz CT molecular complexity index is 363. The molecule has 1 aromatic carbocycles. The molecule has 0 amide bonds. The maximum atomic E-state index is 11.2. The number of hydrogen-bond acceptors (Lipinski definition) is 2. The second-order valence-electron chi connectivity index (χ2n) is 3.92. The van der Waals surface area contributed by atoms with Crippen molar-refractivity contribution in [1.29, 1.82) is 0 Å². The second kappa shape index (κ2) is 3.89. The summed E-state index contributed by atoms with van der Waals surface area (Å²) in [5.41, 5.74) is 0. The number of hydrogen-bond donors (Lipinski definition) is 1. The van der Waals surface area contributed by atoms with Gasteiger partial charge < -0.3 is 5.11 Å². The van der Waals surface area contributed by atoms with Gasteiger partial charge in [-0.15, -0.1) is 11.8 Å². The van der Waals surface area contributed by atoms with Crippen molar-refractivity contribution in [1.82, 2.24) is 0 Å². The molecule has 0 saturated heterocycles. The van der Waals surface area contributed by atoms with Gasteiger partial charge in [-0.25, -0.2) is 0 Å². The van der Waals surface area contributed by atoms with Gasteiger partial charge in [0.05, 0.1) is 0 Å². The highest BCUT2D eigenvalue weighted by Crippen LogP contribution is 2.58. The van der Waals surface area contributed by atoms with Gasteiger partial charge >= 0.3 is 5.97 Å². The number of carboxylic acids is 1. The van der Waals surface area contributed by atoms with Crippen molar-refractivity contribution in [2.75, 3.05) is 0 Å². The number of carbonyl (C=O) groups is 1. The molecule has 1 aliphatic rings.